The molecule has 0 radical (unpaired) electrons. The van der Waals surface area contributed by atoms with Crippen molar-refractivity contribution in [3.63, 3.8) is 0 Å². The average molecular weight is 251 g/mol. The van der Waals surface area contributed by atoms with Gasteiger partial charge >= 0.3 is 0 Å². The van der Waals surface area contributed by atoms with Crippen molar-refractivity contribution >= 4 is 28.4 Å². The van der Waals surface area contributed by atoms with E-state index in [1.807, 2.05) is 6.92 Å². The molecule has 1 rings (SSSR count). The smallest absolute Gasteiger partial charge is 0.232 e. The molecule has 0 aliphatic heterocycles. The van der Waals surface area contributed by atoms with Gasteiger partial charge in [-0.3, -0.25) is 4.79 Å². The molecular weight excluding hydrogens is 238 g/mol. The Kier molecular flexibility index (Phi) is 3.96. The van der Waals surface area contributed by atoms with Crippen LogP contribution >= 0.6 is 23.2 Å². The third-order valence-electron chi connectivity index (χ3n) is 2.68. The summed E-state index contributed by atoms with van der Waals surface area (Å²) in [6, 6.07) is 0. The van der Waals surface area contributed by atoms with Crippen LogP contribution < -0.4 is 0 Å². The van der Waals surface area contributed by atoms with E-state index in [2.05, 4.69) is 0 Å². The summed E-state index contributed by atoms with van der Waals surface area (Å²) in [4.78, 5) is 11.3. The van der Waals surface area contributed by atoms with Crippen molar-refractivity contribution in [2.45, 2.75) is 33.1 Å². The highest BCUT2D eigenvalue weighted by atomic mass is 35.5. The summed E-state index contributed by atoms with van der Waals surface area (Å²) in [5.41, 5.74) is -0.570. The average Bonchev–Trinajstić information content (AvgIpc) is 2.98. The Morgan fingerprint density at radius 2 is 2.00 bits per heavy atom. The predicted octanol–water partition coefficient (Wildman–Crippen LogP) is 4.31. The van der Waals surface area contributed by atoms with Crippen LogP contribution in [0, 0.1) is 5.41 Å². The number of rotatable bonds is 4. The van der Waals surface area contributed by atoms with Crippen LogP contribution in [-0.2, 0) is 4.79 Å². The van der Waals surface area contributed by atoms with Crippen molar-refractivity contribution in [3.05, 3.63) is 22.5 Å². The molecule has 0 amide bonds. The van der Waals surface area contributed by atoms with Crippen LogP contribution in [-0.4, -0.2) is 5.24 Å². The van der Waals surface area contributed by atoms with Crippen LogP contribution in [0.3, 0.4) is 0 Å². The van der Waals surface area contributed by atoms with Crippen molar-refractivity contribution in [1.82, 2.24) is 0 Å². The Hall–Kier alpha value is -0.340. The molecule has 4 heteroatoms. The molecule has 0 saturated heterocycles. The summed E-state index contributed by atoms with van der Waals surface area (Å²) in [7, 11) is 0. The molecule has 0 aromatic carbocycles. The summed E-state index contributed by atoms with van der Waals surface area (Å²) in [6.07, 6.45) is 2.99. The van der Waals surface area contributed by atoms with Gasteiger partial charge in [0.15, 0.2) is 0 Å². The zero-order valence-corrected chi connectivity index (χ0v) is 10.3. The maximum Gasteiger partial charge on any atom is 0.232 e. The van der Waals surface area contributed by atoms with E-state index in [0.29, 0.717) is 24.3 Å². The summed E-state index contributed by atoms with van der Waals surface area (Å²) < 4.78 is 13.6. The van der Waals surface area contributed by atoms with E-state index >= 15 is 0 Å². The van der Waals surface area contributed by atoms with Crippen LogP contribution in [0.2, 0.25) is 0 Å². The highest BCUT2D eigenvalue weighted by Gasteiger charge is 2.54. The summed E-state index contributed by atoms with van der Waals surface area (Å²) in [5, 5.41) is -0.127. The third kappa shape index (κ3) is 2.26. The van der Waals surface area contributed by atoms with Crippen molar-refractivity contribution < 1.29 is 9.18 Å². The number of carbonyl (C=O) groups is 1. The Morgan fingerprint density at radius 1 is 1.47 bits per heavy atom. The number of hydrogen-bond acceptors (Lipinski definition) is 1. The second-order valence-corrected chi connectivity index (χ2v) is 4.43. The molecular formula is C11H13Cl2FO. The molecule has 0 aromatic heterocycles. The van der Waals surface area contributed by atoms with Gasteiger partial charge in [0.1, 0.15) is 5.83 Å². The Morgan fingerprint density at radius 3 is 2.27 bits per heavy atom. The largest absolute Gasteiger partial charge is 0.280 e. The first-order valence-corrected chi connectivity index (χ1v) is 5.66. The minimum atomic E-state index is -0.856. The lowest BCUT2D eigenvalue weighted by molar-refractivity contribution is -0.115. The van der Waals surface area contributed by atoms with Crippen LogP contribution in [0.15, 0.2) is 22.5 Å². The molecule has 1 nitrogen and oxygen atoms in total. The van der Waals surface area contributed by atoms with Gasteiger partial charge < -0.3 is 0 Å². The molecule has 1 aliphatic rings. The van der Waals surface area contributed by atoms with Gasteiger partial charge in [0, 0.05) is 10.6 Å². The van der Waals surface area contributed by atoms with E-state index in [1.54, 1.807) is 6.92 Å². The molecule has 1 aliphatic carbocycles. The lowest BCUT2D eigenvalue weighted by atomic mass is 9.94. The Labute approximate surface area is 98.9 Å². The standard InChI is InChI=1S/C11H13Cl2FO/c1-3-7(12)9(8(14)4-2)11(5-6-11)10(13)15/h4H,3,5-6H2,1-2H3/b8-4+,9-7-. The molecule has 0 unspecified atom stereocenters. The van der Waals surface area contributed by atoms with Gasteiger partial charge in [0.25, 0.3) is 0 Å². The number of allylic oxidation sites excluding steroid dienone is 4. The number of halogens is 3. The van der Waals surface area contributed by atoms with Gasteiger partial charge in [0.05, 0.1) is 5.41 Å². The predicted molar refractivity (Wildman–Crippen MR) is 60.6 cm³/mol. The molecule has 0 aromatic rings. The maximum absolute atomic E-state index is 13.6. The second-order valence-electron chi connectivity index (χ2n) is 3.63. The monoisotopic (exact) mass is 250 g/mol. The van der Waals surface area contributed by atoms with E-state index in [9.17, 15) is 9.18 Å². The Bertz CT molecular complexity index is 340. The van der Waals surface area contributed by atoms with Crippen molar-refractivity contribution in [2.75, 3.05) is 0 Å². The maximum atomic E-state index is 13.6. The van der Waals surface area contributed by atoms with Crippen LogP contribution in [0.1, 0.15) is 33.1 Å². The van der Waals surface area contributed by atoms with Crippen LogP contribution in [0.25, 0.3) is 0 Å². The van der Waals surface area contributed by atoms with Gasteiger partial charge in [-0.05, 0) is 37.8 Å². The van der Waals surface area contributed by atoms with Crippen molar-refractivity contribution in [1.29, 1.82) is 0 Å². The quantitative estimate of drug-likeness (QED) is 0.537. The number of carbonyl (C=O) groups excluding carboxylic acids is 1. The molecule has 0 spiro atoms. The molecule has 1 fully saturated rings. The van der Waals surface area contributed by atoms with E-state index in [-0.39, 0.29) is 5.57 Å². The second kappa shape index (κ2) is 4.67. The minimum absolute atomic E-state index is 0.286. The first-order valence-electron chi connectivity index (χ1n) is 4.90. The van der Waals surface area contributed by atoms with Crippen LogP contribution in [0.5, 0.6) is 0 Å². The van der Waals surface area contributed by atoms with E-state index < -0.39 is 16.5 Å². The molecule has 15 heavy (non-hydrogen) atoms. The van der Waals surface area contributed by atoms with E-state index in [1.165, 1.54) is 6.08 Å². The summed E-state index contributed by atoms with van der Waals surface area (Å²) in [5.74, 6) is -0.437. The van der Waals surface area contributed by atoms with Gasteiger partial charge in [-0.1, -0.05) is 24.6 Å². The summed E-state index contributed by atoms with van der Waals surface area (Å²) >= 11 is 11.5. The molecule has 0 atom stereocenters. The van der Waals surface area contributed by atoms with Crippen molar-refractivity contribution in [2.24, 2.45) is 5.41 Å². The lowest BCUT2D eigenvalue weighted by Crippen LogP contribution is -2.14. The molecule has 84 valence electrons. The zero-order valence-electron chi connectivity index (χ0n) is 8.74. The van der Waals surface area contributed by atoms with Gasteiger partial charge in [-0.25, -0.2) is 4.39 Å². The fraction of sp³-hybridized carbons (Fsp3) is 0.545. The van der Waals surface area contributed by atoms with E-state index in [4.69, 9.17) is 23.2 Å². The SMILES string of the molecule is C/C=C(F)\C(=C(\Cl)CC)C1(C(=O)Cl)CC1. The fourth-order valence-corrected chi connectivity index (χ4v) is 2.16. The normalized spacial score (nSPS) is 21.0. The van der Waals surface area contributed by atoms with Crippen LogP contribution in [0.4, 0.5) is 4.39 Å². The first kappa shape index (κ1) is 12.7. The van der Waals surface area contributed by atoms with Crippen molar-refractivity contribution in [3.8, 4) is 0 Å². The Balaban J connectivity index is 3.20. The third-order valence-corrected chi connectivity index (χ3v) is 3.50. The minimum Gasteiger partial charge on any atom is -0.280 e. The highest BCUT2D eigenvalue weighted by molar-refractivity contribution is 6.65. The molecule has 0 heterocycles. The first-order chi connectivity index (χ1) is 6.99. The topological polar surface area (TPSA) is 17.1 Å². The molecule has 1 saturated carbocycles. The molecule has 0 bridgehead atoms. The highest BCUT2D eigenvalue weighted by Crippen LogP contribution is 2.57. The van der Waals surface area contributed by atoms with Gasteiger partial charge in [-0.2, -0.15) is 0 Å². The summed E-state index contributed by atoms with van der Waals surface area (Å²) in [6.45, 7) is 3.39. The number of hydrogen-bond donors (Lipinski definition) is 0. The molecule has 0 N–H and O–H groups in total. The fourth-order valence-electron chi connectivity index (χ4n) is 1.61. The van der Waals surface area contributed by atoms with Gasteiger partial charge in [-0.15, -0.1) is 0 Å². The zero-order chi connectivity index (χ0) is 11.6. The van der Waals surface area contributed by atoms with E-state index in [0.717, 1.165) is 0 Å². The van der Waals surface area contributed by atoms with Gasteiger partial charge in [0.2, 0.25) is 5.24 Å². The lowest BCUT2D eigenvalue weighted by Gasteiger charge is -2.15.